The number of nitrogens with one attached hydrogen (secondary N) is 1. The standard InChI is InChI=1S/C21H20ClN3O3S/c22-19-5-1-2-6-20(19)28-17-8-10-18(11-9-17)29(26,27)24-16-12-14-25(15-16)21-7-3-4-13-23-21/h1-11,13,16,24H,12,14-15H2. The van der Waals surface area contributed by atoms with Crippen molar-refractivity contribution in [2.75, 3.05) is 18.0 Å². The highest BCUT2D eigenvalue weighted by molar-refractivity contribution is 7.89. The minimum atomic E-state index is -3.63. The Hall–Kier alpha value is -2.61. The SMILES string of the molecule is O=S(=O)(NC1CCN(c2ccccn2)C1)c1ccc(Oc2ccccc2Cl)cc1. The second-order valence-corrected chi connectivity index (χ2v) is 8.87. The van der Waals surface area contributed by atoms with Gasteiger partial charge in [0.05, 0.1) is 9.92 Å². The number of hydrogen-bond donors (Lipinski definition) is 1. The average molecular weight is 430 g/mol. The van der Waals surface area contributed by atoms with E-state index in [0.29, 0.717) is 23.1 Å². The van der Waals surface area contributed by atoms with Crippen LogP contribution in [0.4, 0.5) is 5.82 Å². The van der Waals surface area contributed by atoms with Crippen molar-refractivity contribution in [3.8, 4) is 11.5 Å². The van der Waals surface area contributed by atoms with E-state index in [-0.39, 0.29) is 10.9 Å². The summed E-state index contributed by atoms with van der Waals surface area (Å²) in [6.07, 6.45) is 2.46. The number of nitrogens with zero attached hydrogens (tertiary/aromatic N) is 2. The number of halogens is 1. The first kappa shape index (κ1) is 19.7. The Bertz CT molecular complexity index is 1080. The van der Waals surface area contributed by atoms with Gasteiger partial charge in [-0.25, -0.2) is 18.1 Å². The molecule has 1 saturated heterocycles. The van der Waals surface area contributed by atoms with Gasteiger partial charge >= 0.3 is 0 Å². The summed E-state index contributed by atoms with van der Waals surface area (Å²) in [5.74, 6) is 1.89. The first-order valence-corrected chi connectivity index (χ1v) is 11.1. The van der Waals surface area contributed by atoms with Crippen LogP contribution >= 0.6 is 11.6 Å². The predicted molar refractivity (Wildman–Crippen MR) is 113 cm³/mol. The van der Waals surface area contributed by atoms with Crippen molar-refractivity contribution in [3.05, 3.63) is 77.9 Å². The van der Waals surface area contributed by atoms with Crippen molar-refractivity contribution in [2.24, 2.45) is 0 Å². The molecule has 0 saturated carbocycles. The Balaban J connectivity index is 1.41. The van der Waals surface area contributed by atoms with E-state index < -0.39 is 10.0 Å². The van der Waals surface area contributed by atoms with Crippen LogP contribution in [0.25, 0.3) is 0 Å². The first-order chi connectivity index (χ1) is 14.0. The Labute approximate surface area is 175 Å². The summed E-state index contributed by atoms with van der Waals surface area (Å²) in [7, 11) is -3.63. The summed E-state index contributed by atoms with van der Waals surface area (Å²) >= 11 is 6.09. The zero-order chi connectivity index (χ0) is 20.3. The van der Waals surface area contributed by atoms with Gasteiger partial charge in [0.2, 0.25) is 10.0 Å². The number of hydrogen-bond acceptors (Lipinski definition) is 5. The van der Waals surface area contributed by atoms with Gasteiger partial charge in [0.1, 0.15) is 17.3 Å². The van der Waals surface area contributed by atoms with Gasteiger partial charge in [-0.15, -0.1) is 0 Å². The molecule has 1 fully saturated rings. The second-order valence-electron chi connectivity index (χ2n) is 6.74. The monoisotopic (exact) mass is 429 g/mol. The lowest BCUT2D eigenvalue weighted by molar-refractivity contribution is 0.482. The number of anilines is 1. The third kappa shape index (κ3) is 4.70. The molecular formula is C21H20ClN3O3S. The quantitative estimate of drug-likeness (QED) is 0.639. The largest absolute Gasteiger partial charge is 0.456 e. The van der Waals surface area contributed by atoms with Crippen LogP contribution in [0.2, 0.25) is 5.02 Å². The molecule has 0 amide bonds. The minimum Gasteiger partial charge on any atom is -0.456 e. The van der Waals surface area contributed by atoms with Crippen molar-refractivity contribution in [2.45, 2.75) is 17.4 Å². The smallest absolute Gasteiger partial charge is 0.240 e. The molecule has 0 radical (unpaired) electrons. The lowest BCUT2D eigenvalue weighted by atomic mass is 10.3. The maximum absolute atomic E-state index is 12.7. The zero-order valence-electron chi connectivity index (χ0n) is 15.5. The molecule has 1 unspecified atom stereocenters. The summed E-state index contributed by atoms with van der Waals surface area (Å²) in [5, 5.41) is 0.490. The number of pyridine rings is 1. The van der Waals surface area contributed by atoms with Gasteiger partial charge in [0.15, 0.2) is 0 Å². The molecule has 1 aliphatic rings. The molecule has 150 valence electrons. The van der Waals surface area contributed by atoms with Gasteiger partial charge in [-0.1, -0.05) is 29.8 Å². The lowest BCUT2D eigenvalue weighted by Gasteiger charge is -2.18. The van der Waals surface area contributed by atoms with Crippen LogP contribution in [0.5, 0.6) is 11.5 Å². The molecule has 1 aliphatic heterocycles. The van der Waals surface area contributed by atoms with Crippen LogP contribution in [0.1, 0.15) is 6.42 Å². The molecule has 0 bridgehead atoms. The molecule has 0 aliphatic carbocycles. The number of ether oxygens (including phenoxy) is 1. The Morgan fingerprint density at radius 2 is 1.79 bits per heavy atom. The Morgan fingerprint density at radius 1 is 1.03 bits per heavy atom. The summed E-state index contributed by atoms with van der Waals surface area (Å²) in [4.78, 5) is 6.60. The van der Waals surface area contributed by atoms with E-state index in [0.717, 1.165) is 18.8 Å². The van der Waals surface area contributed by atoms with Gasteiger partial charge in [-0.3, -0.25) is 0 Å². The van der Waals surface area contributed by atoms with Gasteiger partial charge in [-0.05, 0) is 55.0 Å². The van der Waals surface area contributed by atoms with Crippen LogP contribution in [-0.2, 0) is 10.0 Å². The number of sulfonamides is 1. The number of rotatable bonds is 6. The number of aromatic nitrogens is 1. The van der Waals surface area contributed by atoms with Crippen LogP contribution in [0.15, 0.2) is 77.8 Å². The molecular weight excluding hydrogens is 410 g/mol. The van der Waals surface area contributed by atoms with Crippen molar-refractivity contribution in [1.29, 1.82) is 0 Å². The van der Waals surface area contributed by atoms with E-state index in [9.17, 15) is 8.42 Å². The fourth-order valence-electron chi connectivity index (χ4n) is 3.23. The fraction of sp³-hybridized carbons (Fsp3) is 0.190. The third-order valence-electron chi connectivity index (χ3n) is 4.68. The number of benzene rings is 2. The van der Waals surface area contributed by atoms with Gasteiger partial charge < -0.3 is 9.64 Å². The van der Waals surface area contributed by atoms with Crippen molar-refractivity contribution < 1.29 is 13.2 Å². The highest BCUT2D eigenvalue weighted by Crippen LogP contribution is 2.29. The normalized spacial score (nSPS) is 16.7. The molecule has 1 atom stereocenters. The number of para-hydroxylation sites is 1. The molecule has 4 rings (SSSR count). The first-order valence-electron chi connectivity index (χ1n) is 9.22. The summed E-state index contributed by atoms with van der Waals surface area (Å²) in [5.41, 5.74) is 0. The molecule has 29 heavy (non-hydrogen) atoms. The summed E-state index contributed by atoms with van der Waals surface area (Å²) < 4.78 is 34.0. The van der Waals surface area contributed by atoms with Gasteiger partial charge in [0, 0.05) is 25.3 Å². The Kier molecular flexibility index (Phi) is 5.71. The predicted octanol–water partition coefficient (Wildman–Crippen LogP) is 4.08. The lowest BCUT2D eigenvalue weighted by Crippen LogP contribution is -2.37. The minimum absolute atomic E-state index is 0.166. The molecule has 0 spiro atoms. The van der Waals surface area contributed by atoms with Gasteiger partial charge in [0.25, 0.3) is 0 Å². The highest BCUT2D eigenvalue weighted by atomic mass is 35.5. The molecule has 1 N–H and O–H groups in total. The molecule has 6 nitrogen and oxygen atoms in total. The molecule has 8 heteroatoms. The van der Waals surface area contributed by atoms with Gasteiger partial charge in [-0.2, -0.15) is 0 Å². The van der Waals surface area contributed by atoms with Crippen molar-refractivity contribution in [1.82, 2.24) is 9.71 Å². The average Bonchev–Trinajstić information content (AvgIpc) is 3.19. The van der Waals surface area contributed by atoms with Crippen molar-refractivity contribution in [3.63, 3.8) is 0 Å². The highest BCUT2D eigenvalue weighted by Gasteiger charge is 2.28. The van der Waals surface area contributed by atoms with E-state index in [1.807, 2.05) is 30.3 Å². The fourth-order valence-corrected chi connectivity index (χ4v) is 4.67. The third-order valence-corrected chi connectivity index (χ3v) is 6.53. The molecule has 3 aromatic rings. The maximum Gasteiger partial charge on any atom is 0.240 e. The molecule has 2 aromatic carbocycles. The van der Waals surface area contributed by atoms with E-state index in [1.165, 1.54) is 12.1 Å². The van der Waals surface area contributed by atoms with E-state index in [4.69, 9.17) is 16.3 Å². The van der Waals surface area contributed by atoms with Crippen molar-refractivity contribution >= 4 is 27.4 Å². The van der Waals surface area contributed by atoms with E-state index in [2.05, 4.69) is 14.6 Å². The summed E-state index contributed by atoms with van der Waals surface area (Å²) in [6.45, 7) is 1.35. The van der Waals surface area contributed by atoms with E-state index >= 15 is 0 Å². The Morgan fingerprint density at radius 3 is 2.52 bits per heavy atom. The van der Waals surface area contributed by atoms with Crippen LogP contribution < -0.4 is 14.4 Å². The van der Waals surface area contributed by atoms with Crippen LogP contribution in [0, 0.1) is 0 Å². The molecule has 1 aromatic heterocycles. The second kappa shape index (κ2) is 8.41. The topological polar surface area (TPSA) is 71.5 Å². The maximum atomic E-state index is 12.7. The van der Waals surface area contributed by atoms with Crippen LogP contribution in [-0.4, -0.2) is 32.5 Å². The molecule has 2 heterocycles. The van der Waals surface area contributed by atoms with Crippen LogP contribution in [0.3, 0.4) is 0 Å². The van der Waals surface area contributed by atoms with E-state index in [1.54, 1.807) is 30.5 Å². The summed E-state index contributed by atoms with van der Waals surface area (Å²) in [6, 6.07) is 19.0. The zero-order valence-corrected chi connectivity index (χ0v) is 17.1.